The number of aromatic amines is 2. The Labute approximate surface area is 288 Å². The van der Waals surface area contributed by atoms with Crippen molar-refractivity contribution < 1.29 is 17.6 Å². The lowest BCUT2D eigenvalue weighted by atomic mass is 9.83. The second kappa shape index (κ2) is 18.4. The van der Waals surface area contributed by atoms with Crippen LogP contribution < -0.4 is 32.7 Å². The highest BCUT2D eigenvalue weighted by Gasteiger charge is 2.36. The van der Waals surface area contributed by atoms with E-state index in [-0.39, 0.29) is 72.0 Å². The number of hydrogen-bond donors (Lipinski definition) is 4. The van der Waals surface area contributed by atoms with E-state index in [1.54, 1.807) is 27.7 Å². The molecule has 0 aliphatic heterocycles. The van der Waals surface area contributed by atoms with E-state index < -0.39 is 23.2 Å². The molecule has 2 aliphatic rings. The van der Waals surface area contributed by atoms with Crippen LogP contribution >= 0.6 is 23.4 Å². The molecule has 0 radical (unpaired) electrons. The molecule has 274 valence electrons. The fraction of sp³-hybridized carbons (Fsp3) is 0.750. The molecule has 4 N–H and O–H groups in total. The van der Waals surface area contributed by atoms with Crippen LogP contribution in [-0.4, -0.2) is 43.0 Å². The van der Waals surface area contributed by atoms with E-state index in [1.165, 1.54) is 12.1 Å². The first-order valence-corrected chi connectivity index (χ1v) is 17.2. The molecule has 0 amide bonds. The largest absolute Gasteiger partial charge is 0.369 e. The number of nitrogens with zero attached hydrogens (tertiary/aromatic N) is 2. The maximum absolute atomic E-state index is 13.2. The molecule has 2 aromatic rings. The first kappa shape index (κ1) is 41.6. The molecular formula is C32H50Cl2F4N6O4. The second-order valence-electron chi connectivity index (χ2n) is 13.6. The van der Waals surface area contributed by atoms with Crippen molar-refractivity contribution in [1.82, 2.24) is 23.9 Å². The molecule has 2 aromatic heterocycles. The van der Waals surface area contributed by atoms with Crippen LogP contribution in [0, 0.1) is 11.8 Å². The number of rotatable bonds is 9. The van der Waals surface area contributed by atoms with Crippen LogP contribution in [-0.2, 0) is 0 Å². The smallest absolute Gasteiger partial charge is 0.330 e. The van der Waals surface area contributed by atoms with E-state index in [0.29, 0.717) is 37.4 Å². The average Bonchev–Trinajstić information content (AvgIpc) is 2.94. The summed E-state index contributed by atoms with van der Waals surface area (Å²) >= 11 is 10.9. The Morgan fingerprint density at radius 2 is 1.12 bits per heavy atom. The van der Waals surface area contributed by atoms with Gasteiger partial charge in [0.25, 0.3) is 11.1 Å². The summed E-state index contributed by atoms with van der Waals surface area (Å²) < 4.78 is 54.1. The van der Waals surface area contributed by atoms with E-state index in [2.05, 4.69) is 20.1 Å². The molecule has 0 spiro atoms. The number of H-pyrrole nitrogens is 2. The van der Waals surface area contributed by atoms with Crippen molar-refractivity contribution in [1.29, 1.82) is 0 Å². The van der Waals surface area contributed by atoms with Gasteiger partial charge in [0.15, 0.2) is 0 Å². The summed E-state index contributed by atoms with van der Waals surface area (Å²) in [5.74, 6) is -3.88. The molecule has 2 fully saturated rings. The molecule has 0 bridgehead atoms. The molecule has 2 saturated carbocycles. The summed E-state index contributed by atoms with van der Waals surface area (Å²) in [6.07, 6.45) is 3.95. The highest BCUT2D eigenvalue weighted by molar-refractivity contribution is 6.29. The summed E-state index contributed by atoms with van der Waals surface area (Å²) in [5, 5.41) is 3.17. The van der Waals surface area contributed by atoms with Crippen molar-refractivity contribution in [3.05, 3.63) is 59.0 Å². The molecule has 2 heterocycles. The molecule has 0 unspecified atom stereocenters. The molecule has 0 saturated heterocycles. The van der Waals surface area contributed by atoms with Crippen molar-refractivity contribution >= 4 is 29.2 Å². The van der Waals surface area contributed by atoms with Gasteiger partial charge in [-0.2, -0.15) is 0 Å². The number of nitrogens with one attached hydrogen (secondary N) is 4. The lowest BCUT2D eigenvalue weighted by molar-refractivity contribution is -0.0474. The lowest BCUT2D eigenvalue weighted by Crippen LogP contribution is -2.37. The zero-order valence-corrected chi connectivity index (χ0v) is 30.0. The monoisotopic (exact) mass is 728 g/mol. The summed E-state index contributed by atoms with van der Waals surface area (Å²) in [6, 6.07) is 2.41. The number of anilines is 1. The third kappa shape index (κ3) is 13.7. The van der Waals surface area contributed by atoms with E-state index in [0.717, 1.165) is 22.0 Å². The number of alkyl halides is 4. The predicted molar refractivity (Wildman–Crippen MR) is 183 cm³/mol. The van der Waals surface area contributed by atoms with Crippen LogP contribution in [0.1, 0.15) is 118 Å². The van der Waals surface area contributed by atoms with Gasteiger partial charge in [0.2, 0.25) is 11.8 Å². The molecule has 0 aromatic carbocycles. The van der Waals surface area contributed by atoms with Crippen molar-refractivity contribution in [3.8, 4) is 0 Å². The standard InChI is InChI=1S/C16H25F2N3O2.C9H16ClF2N.C7H9ClN2O2/c1-10(2)21-14(22)9-13(20-15(21)23)19-11(3)8-12-4-6-16(17,18)7-5-12;1-7(13-10)6-8-2-4-9(11,12)5-3-8;1-4(2)10-6(11)3-5(8)9-7(10)12/h9-12,19H,4-8H2,1-3H3,(H,20,23);7-8,13H,2-6H2,1H3;3-4H,1-2H3,(H,9,12)/t11-;7-;/m00./s1. The number of aromatic nitrogens is 4. The molecule has 10 nitrogen and oxygen atoms in total. The van der Waals surface area contributed by atoms with Crippen LogP contribution in [0.3, 0.4) is 0 Å². The minimum Gasteiger partial charge on any atom is -0.369 e. The van der Waals surface area contributed by atoms with Crippen LogP contribution in [0.15, 0.2) is 31.3 Å². The topological polar surface area (TPSA) is 134 Å². The van der Waals surface area contributed by atoms with Crippen LogP contribution in [0.4, 0.5) is 23.4 Å². The normalized spacial score (nSPS) is 19.1. The lowest BCUT2D eigenvalue weighted by Gasteiger charge is -2.30. The number of hydrogen-bond acceptors (Lipinski definition) is 6. The fourth-order valence-corrected chi connectivity index (χ4v) is 6.34. The summed E-state index contributed by atoms with van der Waals surface area (Å²) in [4.78, 5) is 53.8. The molecular weight excluding hydrogens is 679 g/mol. The van der Waals surface area contributed by atoms with Gasteiger partial charge in [-0.25, -0.2) is 32.0 Å². The molecule has 2 atom stereocenters. The maximum Gasteiger partial charge on any atom is 0.330 e. The summed E-state index contributed by atoms with van der Waals surface area (Å²) in [5.41, 5.74) is -1.64. The van der Waals surface area contributed by atoms with Gasteiger partial charge in [-0.3, -0.25) is 28.7 Å². The van der Waals surface area contributed by atoms with E-state index in [9.17, 15) is 36.7 Å². The molecule has 48 heavy (non-hydrogen) atoms. The van der Waals surface area contributed by atoms with Gasteiger partial charge in [0.05, 0.1) is 0 Å². The van der Waals surface area contributed by atoms with Gasteiger partial charge in [-0.15, -0.1) is 0 Å². The van der Waals surface area contributed by atoms with Gasteiger partial charge in [0, 0.05) is 62.0 Å². The Bertz CT molecular complexity index is 1460. The first-order chi connectivity index (χ1) is 22.2. The van der Waals surface area contributed by atoms with Gasteiger partial charge in [0.1, 0.15) is 11.0 Å². The predicted octanol–water partition coefficient (Wildman–Crippen LogP) is 7.24. The Morgan fingerprint density at radius 1 is 0.729 bits per heavy atom. The van der Waals surface area contributed by atoms with Crippen molar-refractivity contribution in [2.24, 2.45) is 11.8 Å². The summed E-state index contributed by atoms with van der Waals surface area (Å²) in [7, 11) is 0. The molecule has 4 rings (SSSR count). The zero-order valence-electron chi connectivity index (χ0n) is 28.5. The minimum absolute atomic E-state index is 0.00308. The Balaban J connectivity index is 0.000000272. The molecule has 16 heteroatoms. The quantitative estimate of drug-likeness (QED) is 0.122. The van der Waals surface area contributed by atoms with Crippen LogP contribution in [0.5, 0.6) is 0 Å². The summed E-state index contributed by atoms with van der Waals surface area (Å²) in [6.45, 7) is 10.9. The van der Waals surface area contributed by atoms with Crippen LogP contribution in [0.2, 0.25) is 5.15 Å². The minimum atomic E-state index is -2.51. The van der Waals surface area contributed by atoms with Gasteiger partial charge >= 0.3 is 11.4 Å². The third-order valence-electron chi connectivity index (χ3n) is 8.57. The van der Waals surface area contributed by atoms with Gasteiger partial charge in [-0.05, 0) is 104 Å². The molecule has 2 aliphatic carbocycles. The van der Waals surface area contributed by atoms with Crippen LogP contribution in [0.25, 0.3) is 0 Å². The Hall–Kier alpha value is -2.58. The SMILES string of the molecule is CC(C)n1c(=O)cc(Cl)[nH]c1=O.CC(C)n1c(=O)cc(N[C@@H](C)CC2CCC(F)(F)CC2)[nH]c1=O.C[C@@H](CC1CCC(F)(F)CC1)NCl. The highest BCUT2D eigenvalue weighted by atomic mass is 35.5. The second-order valence-corrected chi connectivity index (χ2v) is 14.3. The Morgan fingerprint density at radius 3 is 1.50 bits per heavy atom. The fourth-order valence-electron chi connectivity index (χ4n) is 6.08. The van der Waals surface area contributed by atoms with Gasteiger partial charge < -0.3 is 5.32 Å². The van der Waals surface area contributed by atoms with E-state index in [4.69, 9.17) is 23.4 Å². The van der Waals surface area contributed by atoms with Crippen molar-refractivity contribution in [2.45, 2.75) is 142 Å². The average molecular weight is 730 g/mol. The number of halogens is 6. The maximum atomic E-state index is 13.2. The van der Waals surface area contributed by atoms with Crippen molar-refractivity contribution in [2.75, 3.05) is 5.32 Å². The van der Waals surface area contributed by atoms with E-state index >= 15 is 0 Å². The zero-order chi connectivity index (χ0) is 36.4. The highest BCUT2D eigenvalue weighted by Crippen LogP contribution is 2.38. The van der Waals surface area contributed by atoms with E-state index in [1.807, 2.05) is 13.8 Å². The first-order valence-electron chi connectivity index (χ1n) is 16.5. The van der Waals surface area contributed by atoms with Gasteiger partial charge in [-0.1, -0.05) is 11.6 Å². The van der Waals surface area contributed by atoms with Crippen molar-refractivity contribution in [3.63, 3.8) is 0 Å². The third-order valence-corrected chi connectivity index (χ3v) is 9.14. The Kier molecular flexibility index (Phi) is 16.0.